The fraction of sp³-hybridized carbons (Fsp3) is 0.368. The minimum Gasteiger partial charge on any atom is -0.372 e. The standard InChI is InChI=1S/C19H19ClFN5O3.ClH/c1-25-17-15(23-4-5-24-17)18(27)26(19(25)28)10-12-9-22-6-7-29-16(12)11-2-3-13(20)14(21)8-11;/h2-5,8,12,16,22H,6-7,9-10H2,1H3;1H/t12-,16-;/m0./s1. The van der Waals surface area contributed by atoms with E-state index in [-0.39, 0.29) is 41.1 Å². The van der Waals surface area contributed by atoms with Gasteiger partial charge in [0.2, 0.25) is 0 Å². The molecule has 11 heteroatoms. The highest BCUT2D eigenvalue weighted by molar-refractivity contribution is 6.30. The highest BCUT2D eigenvalue weighted by atomic mass is 35.5. The summed E-state index contributed by atoms with van der Waals surface area (Å²) in [6.45, 7) is 1.60. The number of hydrogen-bond acceptors (Lipinski definition) is 6. The number of rotatable bonds is 3. The van der Waals surface area contributed by atoms with Crippen LogP contribution in [0.5, 0.6) is 0 Å². The molecule has 2 atom stereocenters. The summed E-state index contributed by atoms with van der Waals surface area (Å²) in [4.78, 5) is 33.9. The third-order valence-corrected chi connectivity index (χ3v) is 5.37. The molecule has 0 unspecified atom stereocenters. The first-order valence-electron chi connectivity index (χ1n) is 9.15. The Balaban J connectivity index is 0.00000256. The molecule has 3 heterocycles. The summed E-state index contributed by atoms with van der Waals surface area (Å²) in [5.41, 5.74) is -0.0580. The molecule has 0 spiro atoms. The Kier molecular flexibility index (Phi) is 6.87. The summed E-state index contributed by atoms with van der Waals surface area (Å²) < 4.78 is 22.4. The maximum absolute atomic E-state index is 14.0. The minimum absolute atomic E-state index is 0. The van der Waals surface area contributed by atoms with Gasteiger partial charge in [0.25, 0.3) is 5.56 Å². The number of aryl methyl sites for hydroxylation is 1. The number of nitrogens with one attached hydrogen (secondary N) is 1. The third-order valence-electron chi connectivity index (χ3n) is 5.06. The van der Waals surface area contributed by atoms with Crippen LogP contribution in [0.1, 0.15) is 11.7 Å². The van der Waals surface area contributed by atoms with E-state index in [1.807, 2.05) is 0 Å². The second-order valence-electron chi connectivity index (χ2n) is 6.92. The molecule has 2 aromatic heterocycles. The van der Waals surface area contributed by atoms with E-state index < -0.39 is 23.2 Å². The van der Waals surface area contributed by atoms with Crippen molar-refractivity contribution >= 4 is 35.2 Å². The van der Waals surface area contributed by atoms with Gasteiger partial charge in [0.1, 0.15) is 5.82 Å². The van der Waals surface area contributed by atoms with Gasteiger partial charge < -0.3 is 10.1 Å². The Morgan fingerprint density at radius 3 is 2.83 bits per heavy atom. The number of aromatic nitrogens is 4. The maximum atomic E-state index is 14.0. The number of nitrogens with zero attached hydrogens (tertiary/aromatic N) is 4. The zero-order chi connectivity index (χ0) is 20.5. The smallest absolute Gasteiger partial charge is 0.332 e. The van der Waals surface area contributed by atoms with Crippen LogP contribution in [-0.2, 0) is 18.3 Å². The Bertz CT molecular complexity index is 1180. The fourth-order valence-corrected chi connectivity index (χ4v) is 3.73. The molecule has 0 radical (unpaired) electrons. The predicted molar refractivity (Wildman–Crippen MR) is 113 cm³/mol. The zero-order valence-corrected chi connectivity index (χ0v) is 17.6. The molecule has 0 saturated carbocycles. The minimum atomic E-state index is -0.544. The normalized spacial score (nSPS) is 19.3. The first-order chi connectivity index (χ1) is 14.0. The van der Waals surface area contributed by atoms with E-state index in [1.165, 1.54) is 29.1 Å². The van der Waals surface area contributed by atoms with E-state index in [1.54, 1.807) is 13.1 Å². The first kappa shape index (κ1) is 22.4. The van der Waals surface area contributed by atoms with Crippen molar-refractivity contribution in [2.24, 2.45) is 13.0 Å². The van der Waals surface area contributed by atoms with Crippen molar-refractivity contribution in [3.8, 4) is 0 Å². The summed E-state index contributed by atoms with van der Waals surface area (Å²) in [6, 6.07) is 4.50. The second kappa shape index (κ2) is 9.22. The lowest BCUT2D eigenvalue weighted by atomic mass is 9.95. The van der Waals surface area contributed by atoms with E-state index in [2.05, 4.69) is 15.3 Å². The molecule has 1 N–H and O–H groups in total. The molecule has 0 aliphatic carbocycles. The zero-order valence-electron chi connectivity index (χ0n) is 16.0. The molecule has 1 aromatic carbocycles. The first-order valence-corrected chi connectivity index (χ1v) is 9.53. The summed E-state index contributed by atoms with van der Waals surface area (Å²) in [5, 5.41) is 3.26. The quantitative estimate of drug-likeness (QED) is 0.645. The number of benzene rings is 1. The third kappa shape index (κ3) is 4.11. The van der Waals surface area contributed by atoms with Gasteiger partial charge in [-0.05, 0) is 17.7 Å². The van der Waals surface area contributed by atoms with Crippen molar-refractivity contribution in [1.29, 1.82) is 0 Å². The van der Waals surface area contributed by atoms with Gasteiger partial charge in [0, 0.05) is 45.0 Å². The van der Waals surface area contributed by atoms with Crippen molar-refractivity contribution in [1.82, 2.24) is 24.4 Å². The van der Waals surface area contributed by atoms with Crippen LogP contribution in [0.15, 0.2) is 40.2 Å². The highest BCUT2D eigenvalue weighted by Gasteiger charge is 2.29. The molecule has 30 heavy (non-hydrogen) atoms. The molecular weight excluding hydrogens is 436 g/mol. The van der Waals surface area contributed by atoms with Gasteiger partial charge in [-0.25, -0.2) is 19.2 Å². The van der Waals surface area contributed by atoms with Crippen molar-refractivity contribution in [3.05, 3.63) is 67.8 Å². The SMILES string of the molecule is Cl.Cn1c(=O)n(C[C@@H]2CNCCO[C@H]2c2ccc(Cl)c(F)c2)c(=O)c2nccnc21. The summed E-state index contributed by atoms with van der Waals surface area (Å²) in [5.74, 6) is -0.838. The monoisotopic (exact) mass is 455 g/mol. The van der Waals surface area contributed by atoms with Crippen molar-refractivity contribution in [3.63, 3.8) is 0 Å². The molecule has 1 aliphatic rings. The highest BCUT2D eigenvalue weighted by Crippen LogP contribution is 2.30. The van der Waals surface area contributed by atoms with Crippen LogP contribution in [0, 0.1) is 11.7 Å². The lowest BCUT2D eigenvalue weighted by Crippen LogP contribution is -2.43. The molecule has 8 nitrogen and oxygen atoms in total. The predicted octanol–water partition coefficient (Wildman–Crippen LogP) is 1.68. The van der Waals surface area contributed by atoms with Crippen molar-refractivity contribution < 1.29 is 9.13 Å². The van der Waals surface area contributed by atoms with Gasteiger partial charge in [-0.1, -0.05) is 17.7 Å². The van der Waals surface area contributed by atoms with Crippen LogP contribution in [-0.4, -0.2) is 38.8 Å². The van der Waals surface area contributed by atoms with Crippen LogP contribution in [0.2, 0.25) is 5.02 Å². The molecule has 1 aliphatic heterocycles. The summed E-state index contributed by atoms with van der Waals surface area (Å²) in [6.07, 6.45) is 2.33. The van der Waals surface area contributed by atoms with Gasteiger partial charge in [0.15, 0.2) is 11.2 Å². The molecule has 0 bridgehead atoms. The Labute approximate surface area is 182 Å². The van der Waals surface area contributed by atoms with Gasteiger partial charge in [-0.15, -0.1) is 12.4 Å². The molecule has 160 valence electrons. The number of halogens is 3. The molecule has 3 aromatic rings. The Morgan fingerprint density at radius 2 is 2.07 bits per heavy atom. The molecule has 0 amide bonds. The van der Waals surface area contributed by atoms with Gasteiger partial charge in [0.05, 0.1) is 17.7 Å². The van der Waals surface area contributed by atoms with Crippen LogP contribution in [0.4, 0.5) is 4.39 Å². The van der Waals surface area contributed by atoms with Gasteiger partial charge in [-0.2, -0.15) is 0 Å². The Morgan fingerprint density at radius 1 is 1.30 bits per heavy atom. The Hall–Kier alpha value is -2.33. The van der Waals surface area contributed by atoms with Crippen LogP contribution in [0.25, 0.3) is 11.2 Å². The van der Waals surface area contributed by atoms with Gasteiger partial charge in [-0.3, -0.25) is 13.9 Å². The van der Waals surface area contributed by atoms with E-state index in [0.717, 1.165) is 4.57 Å². The lowest BCUT2D eigenvalue weighted by Gasteiger charge is -2.26. The van der Waals surface area contributed by atoms with Crippen molar-refractivity contribution in [2.45, 2.75) is 12.6 Å². The molecule has 1 saturated heterocycles. The molecular formula is C19H20Cl2FN5O3. The van der Waals surface area contributed by atoms with E-state index >= 15 is 0 Å². The van der Waals surface area contributed by atoms with Crippen LogP contribution >= 0.6 is 24.0 Å². The van der Waals surface area contributed by atoms with Crippen LogP contribution < -0.4 is 16.6 Å². The number of fused-ring (bicyclic) bond motifs is 1. The second-order valence-corrected chi connectivity index (χ2v) is 7.32. The van der Waals surface area contributed by atoms with Crippen LogP contribution in [0.3, 0.4) is 0 Å². The van der Waals surface area contributed by atoms with Crippen molar-refractivity contribution in [2.75, 3.05) is 19.7 Å². The topological polar surface area (TPSA) is 91.0 Å². The van der Waals surface area contributed by atoms with Gasteiger partial charge >= 0.3 is 5.69 Å². The molecule has 1 fully saturated rings. The van der Waals surface area contributed by atoms with E-state index in [4.69, 9.17) is 16.3 Å². The molecule has 4 rings (SSSR count). The summed E-state index contributed by atoms with van der Waals surface area (Å²) >= 11 is 5.80. The lowest BCUT2D eigenvalue weighted by molar-refractivity contribution is 0.0244. The number of ether oxygens (including phenoxy) is 1. The largest absolute Gasteiger partial charge is 0.372 e. The average Bonchev–Trinajstić information content (AvgIpc) is 2.97. The number of hydrogen-bond donors (Lipinski definition) is 1. The van der Waals surface area contributed by atoms with E-state index in [9.17, 15) is 14.0 Å². The fourth-order valence-electron chi connectivity index (χ4n) is 3.62. The average molecular weight is 456 g/mol. The van der Waals surface area contributed by atoms with E-state index in [0.29, 0.717) is 25.3 Å². The maximum Gasteiger partial charge on any atom is 0.332 e. The summed E-state index contributed by atoms with van der Waals surface area (Å²) in [7, 11) is 1.54.